The first kappa shape index (κ1) is 28.7. The summed E-state index contributed by atoms with van der Waals surface area (Å²) in [6, 6.07) is 17.4. The Hall–Kier alpha value is -3.77. The zero-order valence-corrected chi connectivity index (χ0v) is 22.2. The molecule has 3 aromatic carbocycles. The van der Waals surface area contributed by atoms with Crippen molar-refractivity contribution >= 4 is 26.8 Å². The summed E-state index contributed by atoms with van der Waals surface area (Å²) >= 11 is 0. The van der Waals surface area contributed by atoms with E-state index in [1.807, 2.05) is 0 Å². The molecule has 1 unspecified atom stereocenters. The normalized spacial score (nSPS) is 17.6. The number of ketones is 1. The SMILES string of the molecule is O=C(CCc1cccc(OCc2ccc(C(F)(F)F)cc2)c1)C1CC(F)(F)CN1S(=O)(=O)c1cc2ccccc2o1. The quantitative estimate of drug-likeness (QED) is 0.204. The minimum absolute atomic E-state index is 0.00624. The number of hydrogen-bond donors (Lipinski definition) is 0. The highest BCUT2D eigenvalue weighted by molar-refractivity contribution is 7.89. The number of furan rings is 1. The number of ether oxygens (including phenoxy) is 1. The van der Waals surface area contributed by atoms with E-state index in [1.165, 1.54) is 18.2 Å². The van der Waals surface area contributed by atoms with Gasteiger partial charge in [-0.15, -0.1) is 0 Å². The van der Waals surface area contributed by atoms with Crippen molar-refractivity contribution in [3.63, 3.8) is 0 Å². The lowest BCUT2D eigenvalue weighted by atomic mass is 10.0. The van der Waals surface area contributed by atoms with Crippen LogP contribution < -0.4 is 4.74 Å². The summed E-state index contributed by atoms with van der Waals surface area (Å²) in [5.41, 5.74) is 0.670. The van der Waals surface area contributed by atoms with Crippen LogP contribution in [0.2, 0.25) is 0 Å². The van der Waals surface area contributed by atoms with Crippen LogP contribution in [-0.2, 0) is 34.0 Å². The monoisotopic (exact) mass is 593 g/mol. The Balaban J connectivity index is 1.24. The summed E-state index contributed by atoms with van der Waals surface area (Å²) in [6.45, 7) is -1.12. The Labute approximate surface area is 232 Å². The molecule has 2 heterocycles. The molecule has 0 amide bonds. The largest absolute Gasteiger partial charge is 0.489 e. The minimum Gasteiger partial charge on any atom is -0.489 e. The highest BCUT2D eigenvalue weighted by Gasteiger charge is 2.53. The van der Waals surface area contributed by atoms with Crippen LogP contribution in [0.1, 0.15) is 29.5 Å². The molecule has 1 saturated heterocycles. The molecule has 1 atom stereocenters. The van der Waals surface area contributed by atoms with Crippen LogP contribution in [0, 0.1) is 0 Å². The molecular formula is C29H24F5NO5S. The standard InChI is InChI=1S/C29H24F5NO5S/c30-28(31)16-24(35(18-28)41(37,38)27-15-21-5-1-2-7-26(21)40-27)25(36)13-10-19-4-3-6-23(14-19)39-17-20-8-11-22(12-9-20)29(32,33)34/h1-9,11-12,14-15,24H,10,13,16-18H2. The first-order valence-electron chi connectivity index (χ1n) is 12.6. The average molecular weight is 594 g/mol. The molecule has 0 aliphatic carbocycles. The van der Waals surface area contributed by atoms with Crippen LogP contribution in [0.5, 0.6) is 5.75 Å². The van der Waals surface area contributed by atoms with Crippen molar-refractivity contribution in [2.24, 2.45) is 0 Å². The lowest BCUT2D eigenvalue weighted by Gasteiger charge is -2.21. The first-order chi connectivity index (χ1) is 19.3. The number of Topliss-reactive ketones (excluding diaryl/α,β-unsaturated/α-hetero) is 1. The smallest absolute Gasteiger partial charge is 0.416 e. The van der Waals surface area contributed by atoms with E-state index in [0.29, 0.717) is 26.6 Å². The van der Waals surface area contributed by atoms with Gasteiger partial charge in [-0.25, -0.2) is 17.2 Å². The van der Waals surface area contributed by atoms with Gasteiger partial charge in [0.2, 0.25) is 5.09 Å². The minimum atomic E-state index is -4.52. The number of fused-ring (bicyclic) bond motifs is 1. The van der Waals surface area contributed by atoms with Gasteiger partial charge in [-0.05, 0) is 47.9 Å². The summed E-state index contributed by atoms with van der Waals surface area (Å²) in [4.78, 5) is 13.1. The molecule has 6 nitrogen and oxygen atoms in total. The molecule has 4 aromatic rings. The van der Waals surface area contributed by atoms with Crippen LogP contribution in [-0.4, -0.2) is 37.0 Å². The number of aryl methyl sites for hydroxylation is 1. The van der Waals surface area contributed by atoms with Crippen LogP contribution in [0.3, 0.4) is 0 Å². The fraction of sp³-hybridized carbons (Fsp3) is 0.276. The Kier molecular flexibility index (Phi) is 7.64. The van der Waals surface area contributed by atoms with Crippen LogP contribution in [0.4, 0.5) is 22.0 Å². The molecule has 0 N–H and O–H groups in total. The van der Waals surface area contributed by atoms with Gasteiger partial charge >= 0.3 is 6.18 Å². The molecule has 0 saturated carbocycles. The molecule has 0 radical (unpaired) electrons. The summed E-state index contributed by atoms with van der Waals surface area (Å²) in [5.74, 6) is -3.64. The summed E-state index contributed by atoms with van der Waals surface area (Å²) in [7, 11) is -4.52. The number of hydrogen-bond acceptors (Lipinski definition) is 5. The lowest BCUT2D eigenvalue weighted by molar-refractivity contribution is -0.137. The van der Waals surface area contributed by atoms with Crippen molar-refractivity contribution in [3.8, 4) is 5.75 Å². The van der Waals surface area contributed by atoms with E-state index < -0.39 is 57.6 Å². The van der Waals surface area contributed by atoms with Crippen LogP contribution >= 0.6 is 0 Å². The molecule has 216 valence electrons. The maximum Gasteiger partial charge on any atom is 0.416 e. The van der Waals surface area contributed by atoms with Crippen molar-refractivity contribution < 1.29 is 44.3 Å². The summed E-state index contributed by atoms with van der Waals surface area (Å²) < 4.78 is 105. The maximum atomic E-state index is 14.4. The fourth-order valence-corrected chi connectivity index (χ4v) is 6.28. The third-order valence-corrected chi connectivity index (χ3v) is 8.52. The number of para-hydroxylation sites is 1. The van der Waals surface area contributed by atoms with Gasteiger partial charge in [0, 0.05) is 24.3 Å². The second-order valence-corrected chi connectivity index (χ2v) is 11.6. The van der Waals surface area contributed by atoms with Gasteiger partial charge in [0.15, 0.2) is 5.78 Å². The van der Waals surface area contributed by atoms with Gasteiger partial charge in [-0.3, -0.25) is 4.79 Å². The third kappa shape index (κ3) is 6.43. The van der Waals surface area contributed by atoms with Gasteiger partial charge in [-0.1, -0.05) is 42.5 Å². The predicted molar refractivity (Wildman–Crippen MR) is 139 cm³/mol. The Morgan fingerprint density at radius 2 is 1.71 bits per heavy atom. The highest BCUT2D eigenvalue weighted by atomic mass is 32.2. The number of alkyl halides is 5. The number of carbonyl (C=O) groups excluding carboxylic acids is 1. The first-order valence-corrected chi connectivity index (χ1v) is 14.0. The van der Waals surface area contributed by atoms with E-state index >= 15 is 0 Å². The zero-order chi connectivity index (χ0) is 29.4. The molecule has 0 bridgehead atoms. The second-order valence-electron chi connectivity index (χ2n) is 9.83. The van der Waals surface area contributed by atoms with Crippen LogP contribution in [0.15, 0.2) is 88.4 Å². The van der Waals surface area contributed by atoms with Gasteiger partial charge < -0.3 is 9.15 Å². The van der Waals surface area contributed by atoms with E-state index in [9.17, 15) is 35.2 Å². The van der Waals surface area contributed by atoms with Crippen molar-refractivity contribution in [2.75, 3.05) is 6.54 Å². The molecule has 1 aliphatic rings. The number of sulfonamides is 1. The van der Waals surface area contributed by atoms with Gasteiger partial charge in [-0.2, -0.15) is 17.5 Å². The van der Waals surface area contributed by atoms with Crippen molar-refractivity contribution in [1.29, 1.82) is 0 Å². The Morgan fingerprint density at radius 3 is 2.41 bits per heavy atom. The zero-order valence-electron chi connectivity index (χ0n) is 21.4. The molecule has 0 spiro atoms. The fourth-order valence-electron chi connectivity index (χ4n) is 4.70. The molecule has 1 fully saturated rings. The third-order valence-electron chi connectivity index (χ3n) is 6.81. The number of nitrogens with zero attached hydrogens (tertiary/aromatic N) is 1. The number of benzene rings is 3. The maximum absolute atomic E-state index is 14.4. The molecule has 5 rings (SSSR count). The number of rotatable bonds is 9. The van der Waals surface area contributed by atoms with Crippen molar-refractivity contribution in [1.82, 2.24) is 4.31 Å². The Morgan fingerprint density at radius 1 is 0.976 bits per heavy atom. The summed E-state index contributed by atoms with van der Waals surface area (Å²) in [6.07, 6.45) is -5.43. The average Bonchev–Trinajstić information content (AvgIpc) is 3.52. The molecular weight excluding hydrogens is 569 g/mol. The molecule has 1 aromatic heterocycles. The molecule has 1 aliphatic heterocycles. The van der Waals surface area contributed by atoms with Gasteiger partial charge in [0.1, 0.15) is 17.9 Å². The summed E-state index contributed by atoms with van der Waals surface area (Å²) in [5, 5.41) is -0.0209. The predicted octanol–water partition coefficient (Wildman–Crippen LogP) is 6.63. The van der Waals surface area contributed by atoms with Gasteiger partial charge in [0.25, 0.3) is 15.9 Å². The molecule has 41 heavy (non-hydrogen) atoms. The topological polar surface area (TPSA) is 76.8 Å². The Bertz CT molecular complexity index is 1630. The van der Waals surface area contributed by atoms with E-state index in [0.717, 1.165) is 12.1 Å². The van der Waals surface area contributed by atoms with Crippen molar-refractivity contribution in [2.45, 2.75) is 49.1 Å². The van der Waals surface area contributed by atoms with Gasteiger partial charge in [0.05, 0.1) is 18.2 Å². The number of carbonyl (C=O) groups is 1. The molecule has 12 heteroatoms. The van der Waals surface area contributed by atoms with E-state index in [4.69, 9.17) is 9.15 Å². The number of halogens is 5. The van der Waals surface area contributed by atoms with E-state index in [2.05, 4.69) is 0 Å². The van der Waals surface area contributed by atoms with E-state index in [-0.39, 0.29) is 25.0 Å². The highest BCUT2D eigenvalue weighted by Crippen LogP contribution is 2.38. The van der Waals surface area contributed by atoms with Crippen LogP contribution in [0.25, 0.3) is 11.0 Å². The second kappa shape index (κ2) is 10.9. The van der Waals surface area contributed by atoms with E-state index in [1.54, 1.807) is 48.5 Å². The van der Waals surface area contributed by atoms with Crippen molar-refractivity contribution in [3.05, 3.63) is 95.6 Å². The lowest BCUT2D eigenvalue weighted by Crippen LogP contribution is -2.40.